The van der Waals surface area contributed by atoms with E-state index < -0.39 is 5.63 Å². The number of para-hydroxylation sites is 1. The van der Waals surface area contributed by atoms with Crippen molar-refractivity contribution in [2.75, 3.05) is 20.3 Å². The maximum atomic E-state index is 12.6. The number of hydrogen-bond donors (Lipinski definition) is 0. The lowest BCUT2D eigenvalue weighted by molar-refractivity contribution is 0.284. The van der Waals surface area contributed by atoms with Gasteiger partial charge in [0.1, 0.15) is 6.61 Å². The fraction of sp³-hybridized carbons (Fsp3) is 0.423. The molecule has 5 nitrogen and oxygen atoms in total. The Morgan fingerprint density at radius 1 is 1.03 bits per heavy atom. The molecule has 1 aromatic carbocycles. The monoisotopic (exact) mass is 426 g/mol. The molecule has 0 saturated carbocycles. The van der Waals surface area contributed by atoms with E-state index in [1.54, 1.807) is 6.07 Å². The van der Waals surface area contributed by atoms with Gasteiger partial charge in [-0.25, -0.2) is 4.79 Å². The number of fused-ring (bicyclic) bond motifs is 1. The topological polar surface area (TPSA) is 57.9 Å². The summed E-state index contributed by atoms with van der Waals surface area (Å²) in [5, 5.41) is 0.642. The third-order valence-electron chi connectivity index (χ3n) is 4.71. The molecular formula is C26H34O5. The smallest absolute Gasteiger partial charge is 0.383 e. The van der Waals surface area contributed by atoms with Crippen LogP contribution >= 0.6 is 0 Å². The molecule has 0 radical (unpaired) electrons. The summed E-state index contributed by atoms with van der Waals surface area (Å²) in [4.78, 5) is 12.6. The first-order valence-corrected chi connectivity index (χ1v) is 10.8. The van der Waals surface area contributed by atoms with Crippen molar-refractivity contribution in [3.63, 3.8) is 0 Å². The van der Waals surface area contributed by atoms with E-state index in [4.69, 9.17) is 18.6 Å². The van der Waals surface area contributed by atoms with Crippen LogP contribution < -0.4 is 19.8 Å². The first-order chi connectivity index (χ1) is 15.0. The molecule has 0 fully saturated rings. The molecule has 0 aliphatic rings. The highest BCUT2D eigenvalue weighted by molar-refractivity contribution is 5.89. The van der Waals surface area contributed by atoms with Crippen LogP contribution in [0.25, 0.3) is 11.0 Å². The lowest BCUT2D eigenvalue weighted by Crippen LogP contribution is -2.10. The summed E-state index contributed by atoms with van der Waals surface area (Å²) in [5.74, 6) is 0.954. The minimum Gasteiger partial charge on any atom is -0.492 e. The zero-order valence-corrected chi connectivity index (χ0v) is 19.3. The Morgan fingerprint density at radius 2 is 1.84 bits per heavy atom. The van der Waals surface area contributed by atoms with Crippen LogP contribution in [0.3, 0.4) is 0 Å². The summed E-state index contributed by atoms with van der Waals surface area (Å²) < 4.78 is 22.7. The van der Waals surface area contributed by atoms with Crippen LogP contribution in [0, 0.1) is 0 Å². The van der Waals surface area contributed by atoms with Crippen LogP contribution in [-0.2, 0) is 0 Å². The number of methoxy groups -OCH3 is 1. The zero-order valence-electron chi connectivity index (χ0n) is 19.3. The first-order valence-electron chi connectivity index (χ1n) is 10.8. The van der Waals surface area contributed by atoms with Gasteiger partial charge in [0.25, 0.3) is 0 Å². The predicted molar refractivity (Wildman–Crippen MR) is 126 cm³/mol. The van der Waals surface area contributed by atoms with Crippen molar-refractivity contribution in [3.8, 4) is 17.2 Å². The van der Waals surface area contributed by atoms with Gasteiger partial charge in [-0.15, -0.1) is 0 Å². The maximum Gasteiger partial charge on any atom is 0.383 e. The van der Waals surface area contributed by atoms with E-state index in [0.29, 0.717) is 42.1 Å². The average Bonchev–Trinajstić information content (AvgIpc) is 2.73. The molecular weight excluding hydrogens is 392 g/mol. The van der Waals surface area contributed by atoms with Crippen molar-refractivity contribution in [2.24, 2.45) is 0 Å². The predicted octanol–water partition coefficient (Wildman–Crippen LogP) is 6.61. The Bertz CT molecular complexity index is 991. The van der Waals surface area contributed by atoms with E-state index in [1.165, 1.54) is 18.3 Å². The van der Waals surface area contributed by atoms with E-state index in [0.717, 1.165) is 19.3 Å². The molecule has 5 heteroatoms. The van der Waals surface area contributed by atoms with Gasteiger partial charge in [0.15, 0.2) is 17.1 Å². The lowest BCUT2D eigenvalue weighted by Gasteiger charge is -2.13. The zero-order chi connectivity index (χ0) is 22.6. The molecule has 0 amide bonds. The molecule has 0 N–H and O–H groups in total. The highest BCUT2D eigenvalue weighted by atomic mass is 16.5. The SMILES string of the molecule is CCC=CCCOc1c(OC)c2cccc(OCC=C(C)CCC=C(C)C)c2oc1=O. The summed E-state index contributed by atoms with van der Waals surface area (Å²) in [7, 11) is 1.52. The number of rotatable bonds is 12. The van der Waals surface area contributed by atoms with E-state index >= 15 is 0 Å². The van der Waals surface area contributed by atoms with Crippen molar-refractivity contribution >= 4 is 11.0 Å². The van der Waals surface area contributed by atoms with Gasteiger partial charge in [0.2, 0.25) is 5.75 Å². The van der Waals surface area contributed by atoms with Gasteiger partial charge in [0, 0.05) is 0 Å². The van der Waals surface area contributed by atoms with Crippen molar-refractivity contribution in [1.29, 1.82) is 0 Å². The highest BCUT2D eigenvalue weighted by Gasteiger charge is 2.19. The van der Waals surface area contributed by atoms with E-state index in [-0.39, 0.29) is 5.75 Å². The molecule has 1 aromatic heterocycles. The third kappa shape index (κ3) is 7.35. The van der Waals surface area contributed by atoms with E-state index in [2.05, 4.69) is 39.8 Å². The molecule has 1 heterocycles. The fourth-order valence-electron chi connectivity index (χ4n) is 3.07. The molecule has 0 aliphatic carbocycles. The molecule has 31 heavy (non-hydrogen) atoms. The maximum absolute atomic E-state index is 12.6. The van der Waals surface area contributed by atoms with Gasteiger partial charge >= 0.3 is 5.63 Å². The second kappa shape index (κ2) is 12.7. The Kier molecular flexibility index (Phi) is 9.95. The number of benzene rings is 1. The van der Waals surface area contributed by atoms with Crippen LogP contribution in [-0.4, -0.2) is 20.3 Å². The molecule has 2 rings (SSSR count). The van der Waals surface area contributed by atoms with Crippen molar-refractivity contribution < 1.29 is 18.6 Å². The van der Waals surface area contributed by atoms with Crippen LogP contribution in [0.5, 0.6) is 17.2 Å². The minimum absolute atomic E-state index is 0.0899. The number of hydrogen-bond acceptors (Lipinski definition) is 5. The van der Waals surface area contributed by atoms with Crippen molar-refractivity contribution in [3.05, 3.63) is 64.1 Å². The largest absolute Gasteiger partial charge is 0.492 e. The number of allylic oxidation sites excluding steroid dienone is 4. The van der Waals surface area contributed by atoms with Crippen LogP contribution in [0.1, 0.15) is 53.4 Å². The van der Waals surface area contributed by atoms with Gasteiger partial charge in [-0.3, -0.25) is 0 Å². The van der Waals surface area contributed by atoms with Crippen molar-refractivity contribution in [1.82, 2.24) is 0 Å². The Balaban J connectivity index is 2.18. The van der Waals surface area contributed by atoms with Crippen LogP contribution in [0.2, 0.25) is 0 Å². The summed E-state index contributed by atoms with van der Waals surface area (Å²) in [6.45, 7) is 9.13. The van der Waals surface area contributed by atoms with Gasteiger partial charge in [-0.1, -0.05) is 42.4 Å². The molecule has 0 atom stereocenters. The number of ether oxygens (including phenoxy) is 3. The van der Waals surface area contributed by atoms with Crippen LogP contribution in [0.15, 0.2) is 62.9 Å². The van der Waals surface area contributed by atoms with Crippen molar-refractivity contribution in [2.45, 2.75) is 53.4 Å². The first kappa shape index (κ1) is 24.3. The quantitative estimate of drug-likeness (QED) is 0.217. The second-order valence-corrected chi connectivity index (χ2v) is 7.58. The molecule has 168 valence electrons. The van der Waals surface area contributed by atoms with E-state index in [1.807, 2.05) is 24.3 Å². The third-order valence-corrected chi connectivity index (χ3v) is 4.71. The molecule has 0 saturated heterocycles. The lowest BCUT2D eigenvalue weighted by atomic mass is 10.1. The van der Waals surface area contributed by atoms with Gasteiger partial charge in [0.05, 0.1) is 19.1 Å². The van der Waals surface area contributed by atoms with Crippen LogP contribution in [0.4, 0.5) is 0 Å². The Hall–Kier alpha value is -2.95. The Morgan fingerprint density at radius 3 is 2.55 bits per heavy atom. The molecule has 0 spiro atoms. The van der Waals surface area contributed by atoms with Gasteiger partial charge < -0.3 is 18.6 Å². The molecule has 0 unspecified atom stereocenters. The molecule has 0 bridgehead atoms. The minimum atomic E-state index is -0.576. The standard InChI is InChI=1S/C26H34O5/c1-6-7-8-9-17-30-25-24(28-5)21-14-11-15-22(23(21)31-26(25)27)29-18-16-20(4)13-10-12-19(2)3/h7-8,11-12,14-16H,6,9-10,13,17-18H2,1-5H3. The normalized spacial score (nSPS) is 11.7. The summed E-state index contributed by atoms with van der Waals surface area (Å²) in [6, 6.07) is 5.46. The molecule has 0 aliphatic heterocycles. The Labute approximate surface area is 185 Å². The van der Waals surface area contributed by atoms with E-state index in [9.17, 15) is 4.79 Å². The second-order valence-electron chi connectivity index (χ2n) is 7.58. The molecule has 2 aromatic rings. The fourth-order valence-corrected chi connectivity index (χ4v) is 3.07. The summed E-state index contributed by atoms with van der Waals surface area (Å²) in [6.07, 6.45) is 12.0. The summed E-state index contributed by atoms with van der Waals surface area (Å²) >= 11 is 0. The highest BCUT2D eigenvalue weighted by Crippen LogP contribution is 2.36. The average molecular weight is 427 g/mol. The van der Waals surface area contributed by atoms with Gasteiger partial charge in [-0.2, -0.15) is 0 Å². The van der Waals surface area contributed by atoms with Gasteiger partial charge in [-0.05, 0) is 64.7 Å². The summed E-state index contributed by atoms with van der Waals surface area (Å²) in [5.41, 5.74) is 2.36.